The average Bonchev–Trinajstić information content (AvgIpc) is 2.36. The van der Waals surface area contributed by atoms with E-state index in [1.54, 1.807) is 11.8 Å². The Balaban J connectivity index is 5.23. The largest absolute Gasteiger partial charge is 0.392 e. The van der Waals surface area contributed by atoms with Crippen molar-refractivity contribution in [1.82, 2.24) is 4.90 Å². The fourth-order valence-corrected chi connectivity index (χ4v) is 3.43. The van der Waals surface area contributed by atoms with E-state index in [0.29, 0.717) is 4.99 Å². The number of nitrogens with zero attached hydrogens (tertiary/aromatic N) is 1. The third-order valence-corrected chi connectivity index (χ3v) is 4.83. The van der Waals surface area contributed by atoms with Crippen molar-refractivity contribution < 1.29 is 4.79 Å². The van der Waals surface area contributed by atoms with Gasteiger partial charge in [0.05, 0.1) is 10.4 Å². The molecule has 5 heteroatoms. The summed E-state index contributed by atoms with van der Waals surface area (Å²) in [6, 6.07) is 0.199. The zero-order valence-corrected chi connectivity index (χ0v) is 14.5. The normalized spacial score (nSPS) is 13.1. The van der Waals surface area contributed by atoms with E-state index in [-0.39, 0.29) is 11.9 Å². The van der Waals surface area contributed by atoms with Crippen molar-refractivity contribution in [2.75, 3.05) is 19.1 Å². The van der Waals surface area contributed by atoms with E-state index in [9.17, 15) is 4.79 Å². The minimum atomic E-state index is -0.653. The first-order valence-corrected chi connectivity index (χ1v) is 8.73. The molecule has 112 valence electrons. The lowest BCUT2D eigenvalue weighted by Gasteiger charge is -2.37. The van der Waals surface area contributed by atoms with E-state index in [1.165, 1.54) is 0 Å². The first-order chi connectivity index (χ1) is 8.87. The van der Waals surface area contributed by atoms with Gasteiger partial charge < -0.3 is 10.6 Å². The third kappa shape index (κ3) is 4.63. The summed E-state index contributed by atoms with van der Waals surface area (Å²) >= 11 is 6.98. The summed E-state index contributed by atoms with van der Waals surface area (Å²) in [5.74, 6) is 1.01. The van der Waals surface area contributed by atoms with Crippen LogP contribution in [0.1, 0.15) is 46.5 Å². The number of carbonyl (C=O) groups excluding carboxylic acids is 1. The van der Waals surface area contributed by atoms with Gasteiger partial charge in [0.1, 0.15) is 0 Å². The minimum Gasteiger partial charge on any atom is -0.392 e. The topological polar surface area (TPSA) is 46.3 Å². The van der Waals surface area contributed by atoms with Gasteiger partial charge >= 0.3 is 0 Å². The minimum absolute atomic E-state index is 0.0882. The molecule has 0 aromatic rings. The molecule has 0 aliphatic rings. The number of carbonyl (C=O) groups is 1. The fraction of sp³-hybridized carbons (Fsp3) is 0.857. The van der Waals surface area contributed by atoms with Crippen molar-refractivity contribution in [2.45, 2.75) is 52.5 Å². The summed E-state index contributed by atoms with van der Waals surface area (Å²) in [6.07, 6.45) is 5.35. The second-order valence-electron chi connectivity index (χ2n) is 5.17. The number of amides is 1. The standard InChI is InChI=1S/C14H28N2OS2/c1-6-8-14(9-7-2,12(15)18)13(17)16(4)11(3)10-19-5/h11H,6-10H2,1-5H3,(H2,15,18). The first-order valence-electron chi connectivity index (χ1n) is 6.93. The number of nitrogens with two attached hydrogens (primary N) is 1. The highest BCUT2D eigenvalue weighted by atomic mass is 32.2. The monoisotopic (exact) mass is 304 g/mol. The van der Waals surface area contributed by atoms with Gasteiger partial charge in [0.15, 0.2) is 0 Å². The molecule has 19 heavy (non-hydrogen) atoms. The van der Waals surface area contributed by atoms with E-state index >= 15 is 0 Å². The molecule has 0 spiro atoms. The molecule has 1 atom stereocenters. The Hall–Kier alpha value is -0.290. The zero-order valence-electron chi connectivity index (χ0n) is 12.9. The summed E-state index contributed by atoms with van der Waals surface area (Å²) in [5.41, 5.74) is 5.28. The Bertz CT molecular complexity index is 302. The second kappa shape index (κ2) is 8.80. The van der Waals surface area contributed by atoms with E-state index in [0.717, 1.165) is 31.4 Å². The molecule has 0 aliphatic carbocycles. The molecule has 0 aliphatic heterocycles. The lowest BCUT2D eigenvalue weighted by molar-refractivity contribution is -0.139. The molecule has 0 saturated carbocycles. The van der Waals surface area contributed by atoms with Crippen molar-refractivity contribution in [2.24, 2.45) is 11.1 Å². The van der Waals surface area contributed by atoms with E-state index in [1.807, 2.05) is 18.2 Å². The van der Waals surface area contributed by atoms with Crippen LogP contribution < -0.4 is 5.73 Å². The smallest absolute Gasteiger partial charge is 0.235 e. The van der Waals surface area contributed by atoms with Crippen molar-refractivity contribution in [3.63, 3.8) is 0 Å². The molecular formula is C14H28N2OS2. The zero-order chi connectivity index (χ0) is 15.1. The number of hydrogen-bond donors (Lipinski definition) is 1. The van der Waals surface area contributed by atoms with Crippen LogP contribution >= 0.6 is 24.0 Å². The highest BCUT2D eigenvalue weighted by Crippen LogP contribution is 2.33. The van der Waals surface area contributed by atoms with Crippen LogP contribution in [0, 0.1) is 5.41 Å². The molecule has 3 nitrogen and oxygen atoms in total. The predicted octanol–water partition coefficient (Wildman–Crippen LogP) is 3.07. The highest BCUT2D eigenvalue weighted by Gasteiger charge is 2.42. The van der Waals surface area contributed by atoms with Crippen LogP contribution in [0.5, 0.6) is 0 Å². The number of hydrogen-bond acceptors (Lipinski definition) is 3. The summed E-state index contributed by atoms with van der Waals surface area (Å²) < 4.78 is 0. The Morgan fingerprint density at radius 3 is 2.16 bits per heavy atom. The molecule has 0 aromatic heterocycles. The summed E-state index contributed by atoms with van der Waals surface area (Å²) in [4.78, 5) is 15.0. The molecular weight excluding hydrogens is 276 g/mol. The molecule has 1 unspecified atom stereocenters. The van der Waals surface area contributed by atoms with Crippen LogP contribution in [0.4, 0.5) is 0 Å². The van der Waals surface area contributed by atoms with Gasteiger partial charge in [0.2, 0.25) is 5.91 Å². The molecule has 0 aromatic carbocycles. The van der Waals surface area contributed by atoms with Crippen molar-refractivity contribution >= 4 is 34.9 Å². The Morgan fingerprint density at radius 1 is 1.37 bits per heavy atom. The van der Waals surface area contributed by atoms with Crippen LogP contribution in [-0.2, 0) is 4.79 Å². The quantitative estimate of drug-likeness (QED) is 0.665. The highest BCUT2D eigenvalue weighted by molar-refractivity contribution is 7.98. The van der Waals surface area contributed by atoms with Crippen LogP contribution in [0.2, 0.25) is 0 Å². The predicted molar refractivity (Wildman–Crippen MR) is 89.6 cm³/mol. The van der Waals surface area contributed by atoms with Crippen molar-refractivity contribution in [1.29, 1.82) is 0 Å². The molecule has 0 radical (unpaired) electrons. The van der Waals surface area contributed by atoms with Gasteiger partial charge in [-0.1, -0.05) is 38.9 Å². The van der Waals surface area contributed by atoms with Crippen LogP contribution in [-0.4, -0.2) is 40.9 Å². The third-order valence-electron chi connectivity index (χ3n) is 3.62. The molecule has 2 N–H and O–H groups in total. The maximum atomic E-state index is 12.9. The molecule has 0 fully saturated rings. The van der Waals surface area contributed by atoms with Gasteiger partial charge in [-0.15, -0.1) is 0 Å². The first kappa shape index (κ1) is 18.7. The lowest BCUT2D eigenvalue weighted by atomic mass is 9.77. The molecule has 0 rings (SSSR count). The van der Waals surface area contributed by atoms with E-state index < -0.39 is 5.41 Å². The van der Waals surface area contributed by atoms with Gasteiger partial charge in [0, 0.05) is 18.8 Å². The SMILES string of the molecule is CCCC(CCC)(C(=O)N(C)C(C)CSC)C(N)=S. The van der Waals surface area contributed by atoms with Crippen LogP contribution in [0.3, 0.4) is 0 Å². The summed E-state index contributed by atoms with van der Waals surface area (Å²) in [7, 11) is 1.86. The van der Waals surface area contributed by atoms with Gasteiger partial charge in [-0.3, -0.25) is 4.79 Å². The average molecular weight is 305 g/mol. The Kier molecular flexibility index (Phi) is 8.66. The van der Waals surface area contributed by atoms with Gasteiger partial charge in [-0.25, -0.2) is 0 Å². The Labute approximate surface area is 127 Å². The summed E-state index contributed by atoms with van der Waals surface area (Å²) in [6.45, 7) is 6.21. The maximum absolute atomic E-state index is 12.9. The van der Waals surface area contributed by atoms with Crippen LogP contribution in [0.25, 0.3) is 0 Å². The lowest BCUT2D eigenvalue weighted by Crippen LogP contribution is -2.52. The van der Waals surface area contributed by atoms with Gasteiger partial charge in [-0.05, 0) is 26.0 Å². The van der Waals surface area contributed by atoms with Crippen molar-refractivity contribution in [3.05, 3.63) is 0 Å². The number of rotatable bonds is 9. The maximum Gasteiger partial charge on any atom is 0.235 e. The molecule has 0 heterocycles. The fourth-order valence-electron chi connectivity index (χ4n) is 2.43. The second-order valence-corrected chi connectivity index (χ2v) is 6.52. The Morgan fingerprint density at radius 2 is 1.84 bits per heavy atom. The van der Waals surface area contributed by atoms with Gasteiger partial charge in [-0.2, -0.15) is 11.8 Å². The summed E-state index contributed by atoms with van der Waals surface area (Å²) in [5, 5.41) is 0. The number of thiocarbonyl (C=S) groups is 1. The molecule has 0 bridgehead atoms. The van der Waals surface area contributed by atoms with E-state index in [4.69, 9.17) is 18.0 Å². The van der Waals surface area contributed by atoms with E-state index in [2.05, 4.69) is 20.8 Å². The van der Waals surface area contributed by atoms with Crippen LogP contribution in [0.15, 0.2) is 0 Å². The molecule has 1 amide bonds. The van der Waals surface area contributed by atoms with Gasteiger partial charge in [0.25, 0.3) is 0 Å². The number of thioether (sulfide) groups is 1. The van der Waals surface area contributed by atoms with Crippen molar-refractivity contribution in [3.8, 4) is 0 Å². The molecule has 0 saturated heterocycles.